The van der Waals surface area contributed by atoms with Gasteiger partial charge in [-0.3, -0.25) is 4.79 Å². The van der Waals surface area contributed by atoms with Gasteiger partial charge in [-0.2, -0.15) is 0 Å². The molecule has 0 radical (unpaired) electrons. The average molecular weight is 221 g/mol. The largest absolute Gasteiger partial charge is 0.459 e. The fraction of sp³-hybridized carbons (Fsp3) is 0.900. The summed E-state index contributed by atoms with van der Waals surface area (Å²) in [6.07, 6.45) is -2.37. The van der Waals surface area contributed by atoms with E-state index in [0.29, 0.717) is 0 Å². The van der Waals surface area contributed by atoms with Crippen LogP contribution >= 0.6 is 0 Å². The zero-order chi connectivity index (χ0) is 11.9. The van der Waals surface area contributed by atoms with Crippen molar-refractivity contribution in [3.63, 3.8) is 0 Å². The lowest BCUT2D eigenvalue weighted by Gasteiger charge is -2.43. The highest BCUT2D eigenvalue weighted by atomic mass is 19.3. The van der Waals surface area contributed by atoms with Crippen LogP contribution in [0, 0.1) is 5.92 Å². The monoisotopic (exact) mass is 221 g/mol. The summed E-state index contributed by atoms with van der Waals surface area (Å²) in [5.41, 5.74) is 3.85. The van der Waals surface area contributed by atoms with E-state index in [1.165, 1.54) is 0 Å². The molecule has 5 heteroatoms. The Balaban J connectivity index is 2.49. The predicted molar refractivity (Wildman–Crippen MR) is 51.5 cm³/mol. The average Bonchev–Trinajstić information content (AvgIpc) is 1.94. The van der Waals surface area contributed by atoms with Crippen molar-refractivity contribution in [2.75, 3.05) is 0 Å². The molecule has 0 atom stereocenters. The minimum atomic E-state index is -2.40. The molecule has 0 aromatic rings. The van der Waals surface area contributed by atoms with Gasteiger partial charge in [0.25, 0.3) is 0 Å². The number of rotatable bonds is 2. The Bertz CT molecular complexity index is 255. The van der Waals surface area contributed by atoms with Crippen molar-refractivity contribution < 1.29 is 18.3 Å². The first-order chi connectivity index (χ1) is 6.64. The van der Waals surface area contributed by atoms with Crippen LogP contribution in [0.25, 0.3) is 0 Å². The van der Waals surface area contributed by atoms with Crippen LogP contribution in [0.15, 0.2) is 0 Å². The molecule has 3 nitrogen and oxygen atoms in total. The van der Waals surface area contributed by atoms with Crippen molar-refractivity contribution >= 4 is 5.97 Å². The molecule has 1 aliphatic carbocycles. The van der Waals surface area contributed by atoms with Crippen molar-refractivity contribution in [3.05, 3.63) is 0 Å². The Morgan fingerprint density at radius 3 is 2.27 bits per heavy atom. The molecule has 0 saturated heterocycles. The molecule has 1 rings (SSSR count). The molecule has 1 saturated carbocycles. The third-order valence-electron chi connectivity index (χ3n) is 2.41. The maximum Gasteiger partial charge on any atom is 0.326 e. The summed E-state index contributed by atoms with van der Waals surface area (Å²) in [5.74, 6) is -1.34. The van der Waals surface area contributed by atoms with E-state index in [2.05, 4.69) is 0 Å². The van der Waals surface area contributed by atoms with E-state index in [9.17, 15) is 13.6 Å². The zero-order valence-corrected chi connectivity index (χ0v) is 9.22. The molecule has 2 N–H and O–H groups in total. The lowest BCUT2D eigenvalue weighted by atomic mass is 9.69. The molecule has 0 aromatic heterocycles. The summed E-state index contributed by atoms with van der Waals surface area (Å²) in [7, 11) is 0. The van der Waals surface area contributed by atoms with Gasteiger partial charge in [-0.05, 0) is 33.6 Å². The zero-order valence-electron chi connectivity index (χ0n) is 9.22. The Morgan fingerprint density at radius 2 is 1.93 bits per heavy atom. The lowest BCUT2D eigenvalue weighted by molar-refractivity contribution is -0.170. The quantitative estimate of drug-likeness (QED) is 0.722. The normalized spacial score (nSPS) is 31.3. The standard InChI is InChI=1S/C10H17F2NO2/c1-9(2,3)15-8(14)10(13)4-6(5-10)7(11)12/h6-7H,4-5,13H2,1-3H3. The number of hydrogen-bond donors (Lipinski definition) is 1. The van der Waals surface area contributed by atoms with Crippen molar-refractivity contribution in [1.82, 2.24) is 0 Å². The second-order valence-corrected chi connectivity index (χ2v) is 5.16. The number of ether oxygens (including phenoxy) is 1. The number of hydrogen-bond acceptors (Lipinski definition) is 3. The van der Waals surface area contributed by atoms with Gasteiger partial charge in [0.1, 0.15) is 11.1 Å². The van der Waals surface area contributed by atoms with E-state index in [4.69, 9.17) is 10.5 Å². The van der Waals surface area contributed by atoms with Crippen LogP contribution in [0.3, 0.4) is 0 Å². The third-order valence-corrected chi connectivity index (χ3v) is 2.41. The topological polar surface area (TPSA) is 52.3 Å². The van der Waals surface area contributed by atoms with Crippen LogP contribution in [-0.4, -0.2) is 23.5 Å². The number of carbonyl (C=O) groups is 1. The molecule has 1 aliphatic rings. The molecule has 0 spiro atoms. The summed E-state index contributed by atoms with van der Waals surface area (Å²) in [5, 5.41) is 0. The first-order valence-corrected chi connectivity index (χ1v) is 4.94. The summed E-state index contributed by atoms with van der Waals surface area (Å²) in [4.78, 5) is 11.5. The van der Waals surface area contributed by atoms with Crippen molar-refractivity contribution in [3.8, 4) is 0 Å². The summed E-state index contributed by atoms with van der Waals surface area (Å²) in [6.45, 7) is 5.16. The van der Waals surface area contributed by atoms with E-state index in [0.717, 1.165) is 0 Å². The molecule has 0 aromatic carbocycles. The molecular weight excluding hydrogens is 204 g/mol. The number of esters is 1. The second kappa shape index (κ2) is 3.70. The highest BCUT2D eigenvalue weighted by Gasteiger charge is 2.52. The van der Waals surface area contributed by atoms with Crippen LogP contribution in [0.2, 0.25) is 0 Å². The minimum absolute atomic E-state index is 0.0135. The minimum Gasteiger partial charge on any atom is -0.459 e. The maximum absolute atomic E-state index is 12.2. The maximum atomic E-state index is 12.2. The van der Waals surface area contributed by atoms with Crippen LogP contribution in [-0.2, 0) is 9.53 Å². The van der Waals surface area contributed by atoms with Gasteiger partial charge in [0.15, 0.2) is 0 Å². The smallest absolute Gasteiger partial charge is 0.326 e. The molecule has 0 aliphatic heterocycles. The molecule has 88 valence electrons. The molecule has 0 bridgehead atoms. The molecule has 15 heavy (non-hydrogen) atoms. The Labute approximate surface area is 88.0 Å². The van der Waals surface area contributed by atoms with E-state index in [-0.39, 0.29) is 12.8 Å². The fourth-order valence-corrected chi connectivity index (χ4v) is 1.60. The SMILES string of the molecule is CC(C)(C)OC(=O)C1(N)CC(C(F)F)C1. The van der Waals surface area contributed by atoms with Gasteiger partial charge in [0.05, 0.1) is 0 Å². The van der Waals surface area contributed by atoms with Gasteiger partial charge in [-0.1, -0.05) is 0 Å². The van der Waals surface area contributed by atoms with Crippen molar-refractivity contribution in [2.24, 2.45) is 11.7 Å². The van der Waals surface area contributed by atoms with Crippen molar-refractivity contribution in [1.29, 1.82) is 0 Å². The molecule has 0 amide bonds. The van der Waals surface area contributed by atoms with Gasteiger partial charge in [0, 0.05) is 5.92 Å². The Kier molecular flexibility index (Phi) is 3.05. The Morgan fingerprint density at radius 1 is 1.47 bits per heavy atom. The molecule has 0 unspecified atom stereocenters. The molecule has 0 heterocycles. The summed E-state index contributed by atoms with van der Waals surface area (Å²) >= 11 is 0. The first kappa shape index (κ1) is 12.4. The Hall–Kier alpha value is -0.710. The fourth-order valence-electron chi connectivity index (χ4n) is 1.60. The van der Waals surface area contributed by atoms with Gasteiger partial charge in [0.2, 0.25) is 6.43 Å². The van der Waals surface area contributed by atoms with E-state index < -0.39 is 29.5 Å². The van der Waals surface area contributed by atoms with Gasteiger partial charge >= 0.3 is 5.97 Å². The van der Waals surface area contributed by atoms with Gasteiger partial charge in [-0.25, -0.2) is 8.78 Å². The number of alkyl halides is 2. The molecular formula is C10H17F2NO2. The van der Waals surface area contributed by atoms with E-state index >= 15 is 0 Å². The van der Waals surface area contributed by atoms with Crippen LogP contribution in [0.1, 0.15) is 33.6 Å². The summed E-state index contributed by atoms with van der Waals surface area (Å²) in [6, 6.07) is 0. The first-order valence-electron chi connectivity index (χ1n) is 4.94. The number of carbonyl (C=O) groups excluding carboxylic acids is 1. The van der Waals surface area contributed by atoms with Crippen molar-refractivity contribution in [2.45, 2.75) is 51.2 Å². The summed E-state index contributed by atoms with van der Waals surface area (Å²) < 4.78 is 29.5. The molecule has 1 fully saturated rings. The van der Waals surface area contributed by atoms with E-state index in [1.807, 2.05) is 0 Å². The lowest BCUT2D eigenvalue weighted by Crippen LogP contribution is -2.61. The number of halogens is 2. The van der Waals surface area contributed by atoms with Crippen LogP contribution < -0.4 is 5.73 Å². The number of nitrogens with two attached hydrogens (primary N) is 1. The van der Waals surface area contributed by atoms with Crippen LogP contribution in [0.5, 0.6) is 0 Å². The van der Waals surface area contributed by atoms with Crippen LogP contribution in [0.4, 0.5) is 8.78 Å². The van der Waals surface area contributed by atoms with Gasteiger partial charge in [-0.15, -0.1) is 0 Å². The second-order valence-electron chi connectivity index (χ2n) is 5.16. The van der Waals surface area contributed by atoms with E-state index in [1.54, 1.807) is 20.8 Å². The predicted octanol–water partition coefficient (Wildman–Crippen LogP) is 1.70. The highest BCUT2D eigenvalue weighted by molar-refractivity contribution is 5.82. The third kappa shape index (κ3) is 2.87. The highest BCUT2D eigenvalue weighted by Crippen LogP contribution is 2.40. The van der Waals surface area contributed by atoms with Gasteiger partial charge < -0.3 is 10.5 Å².